The van der Waals surface area contributed by atoms with Crippen LogP contribution in [0.2, 0.25) is 0 Å². The molecular formula is C46H33BN2. The lowest BCUT2D eigenvalue weighted by molar-refractivity contribution is 0.660. The first kappa shape index (κ1) is 27.2. The number of aromatic nitrogens is 1. The predicted molar refractivity (Wildman–Crippen MR) is 208 cm³/mol. The summed E-state index contributed by atoms with van der Waals surface area (Å²) in [6.07, 6.45) is 0. The Balaban J connectivity index is 1.40. The third kappa shape index (κ3) is 3.33. The van der Waals surface area contributed by atoms with Gasteiger partial charge in [0, 0.05) is 44.4 Å². The van der Waals surface area contributed by atoms with E-state index in [1.54, 1.807) is 0 Å². The maximum atomic E-state index is 2.68. The van der Waals surface area contributed by atoms with Crippen LogP contribution in [0, 0.1) is 6.92 Å². The normalized spacial score (nSPS) is 14.5. The molecule has 0 amide bonds. The molecule has 3 aliphatic rings. The van der Waals surface area contributed by atoms with Crippen LogP contribution in [0.1, 0.15) is 30.5 Å². The summed E-state index contributed by atoms with van der Waals surface area (Å²) in [4.78, 5) is 2.68. The number of benzene rings is 7. The molecule has 230 valence electrons. The van der Waals surface area contributed by atoms with Gasteiger partial charge in [-0.15, -0.1) is 0 Å². The van der Waals surface area contributed by atoms with Crippen LogP contribution in [0.3, 0.4) is 0 Å². The minimum Gasteiger partial charge on any atom is -0.376 e. The van der Waals surface area contributed by atoms with Crippen molar-refractivity contribution in [2.45, 2.75) is 26.2 Å². The van der Waals surface area contributed by atoms with Gasteiger partial charge in [0.2, 0.25) is 0 Å². The highest BCUT2D eigenvalue weighted by atomic mass is 15.1. The fourth-order valence-electron chi connectivity index (χ4n) is 9.61. The van der Waals surface area contributed by atoms with Crippen LogP contribution in [-0.2, 0) is 5.41 Å². The smallest absolute Gasteiger partial charge is 0.333 e. The molecule has 0 saturated heterocycles. The Hall–Kier alpha value is -5.80. The SMILES string of the molecule is Cc1ccccc1-c1cc2c3c4c1c1ccccc1n4-c1ccccc1B3N(c1ccccc1)c1c-2ccc2c1-c1ccccc1C2(C)C. The average Bonchev–Trinajstić information content (AvgIpc) is 3.61. The Labute approximate surface area is 287 Å². The Morgan fingerprint density at radius 3 is 2.14 bits per heavy atom. The summed E-state index contributed by atoms with van der Waals surface area (Å²) in [5.41, 5.74) is 21.0. The topological polar surface area (TPSA) is 8.17 Å². The molecule has 2 aliphatic heterocycles. The van der Waals surface area contributed by atoms with Crippen molar-refractivity contribution in [2.24, 2.45) is 0 Å². The molecule has 1 aromatic heterocycles. The van der Waals surface area contributed by atoms with E-state index in [4.69, 9.17) is 0 Å². The van der Waals surface area contributed by atoms with E-state index >= 15 is 0 Å². The molecule has 2 nitrogen and oxygen atoms in total. The molecule has 0 fully saturated rings. The second-order valence-electron chi connectivity index (χ2n) is 14.5. The van der Waals surface area contributed by atoms with Gasteiger partial charge in [-0.05, 0) is 87.1 Å². The van der Waals surface area contributed by atoms with E-state index in [2.05, 4.69) is 176 Å². The van der Waals surface area contributed by atoms with Crippen LogP contribution in [0.5, 0.6) is 0 Å². The summed E-state index contributed by atoms with van der Waals surface area (Å²) in [6, 6.07) is 54.6. The molecule has 49 heavy (non-hydrogen) atoms. The number of hydrogen-bond acceptors (Lipinski definition) is 1. The molecule has 0 radical (unpaired) electrons. The van der Waals surface area contributed by atoms with Crippen LogP contribution >= 0.6 is 0 Å². The lowest BCUT2D eigenvalue weighted by atomic mass is 9.43. The number of anilines is 2. The van der Waals surface area contributed by atoms with E-state index in [9.17, 15) is 0 Å². The fourth-order valence-corrected chi connectivity index (χ4v) is 9.61. The Kier molecular flexibility index (Phi) is 5.23. The standard InChI is InChI=1S/C46H33BN2/c1-28-15-7-8-18-30(28)34-27-35-31-25-26-37-42(32-19-9-11-21-36(32)46(37,2)3)44(31)49(29-16-5-4-6-17-29)47-38-22-12-14-24-40(38)48-39-23-13-10-20-33(39)41(34)45(48)43(35)47/h4-27H,1-3H3. The van der Waals surface area contributed by atoms with Crippen LogP contribution in [0.4, 0.5) is 11.4 Å². The second-order valence-corrected chi connectivity index (χ2v) is 14.5. The molecule has 0 N–H and O–H groups in total. The number of fused-ring (bicyclic) bond motifs is 12. The van der Waals surface area contributed by atoms with Gasteiger partial charge in [0.15, 0.2) is 0 Å². The zero-order valence-corrected chi connectivity index (χ0v) is 27.8. The van der Waals surface area contributed by atoms with Gasteiger partial charge in [0.25, 0.3) is 0 Å². The molecule has 0 bridgehead atoms. The second kappa shape index (κ2) is 9.42. The minimum absolute atomic E-state index is 0.00583. The van der Waals surface area contributed by atoms with Gasteiger partial charge in [0.1, 0.15) is 0 Å². The fraction of sp³-hybridized carbons (Fsp3) is 0.0870. The van der Waals surface area contributed by atoms with Crippen LogP contribution < -0.4 is 15.7 Å². The van der Waals surface area contributed by atoms with Gasteiger partial charge in [-0.3, -0.25) is 0 Å². The molecular weight excluding hydrogens is 591 g/mol. The van der Waals surface area contributed by atoms with Crippen molar-refractivity contribution in [2.75, 3.05) is 4.81 Å². The van der Waals surface area contributed by atoms with E-state index in [0.29, 0.717) is 0 Å². The van der Waals surface area contributed by atoms with Crippen molar-refractivity contribution in [3.8, 4) is 39.1 Å². The summed E-state index contributed by atoms with van der Waals surface area (Å²) in [5.74, 6) is 0. The van der Waals surface area contributed by atoms with Gasteiger partial charge in [0.05, 0.1) is 11.0 Å². The van der Waals surface area contributed by atoms with E-state index in [0.717, 1.165) is 0 Å². The van der Waals surface area contributed by atoms with E-state index in [-0.39, 0.29) is 12.3 Å². The largest absolute Gasteiger partial charge is 0.376 e. The molecule has 11 rings (SSSR count). The first-order valence-electron chi connectivity index (χ1n) is 17.4. The lowest BCUT2D eigenvalue weighted by Crippen LogP contribution is -2.60. The van der Waals surface area contributed by atoms with Gasteiger partial charge in [-0.1, -0.05) is 129 Å². The number of para-hydroxylation sites is 3. The molecule has 0 atom stereocenters. The Bertz CT molecular complexity index is 2720. The summed E-state index contributed by atoms with van der Waals surface area (Å²) in [7, 11) is 0. The maximum absolute atomic E-state index is 2.68. The van der Waals surface area contributed by atoms with Crippen molar-refractivity contribution in [1.29, 1.82) is 0 Å². The highest BCUT2D eigenvalue weighted by molar-refractivity contribution is 6.94. The monoisotopic (exact) mass is 624 g/mol. The van der Waals surface area contributed by atoms with Gasteiger partial charge in [-0.25, -0.2) is 0 Å². The molecule has 8 aromatic rings. The summed E-state index contributed by atoms with van der Waals surface area (Å²) in [6.45, 7) is 7.03. The number of hydrogen-bond donors (Lipinski definition) is 0. The quantitative estimate of drug-likeness (QED) is 0.174. The first-order valence-corrected chi connectivity index (χ1v) is 17.4. The molecule has 0 spiro atoms. The highest BCUT2D eigenvalue weighted by Gasteiger charge is 2.47. The Morgan fingerprint density at radius 2 is 1.29 bits per heavy atom. The molecule has 0 unspecified atom stereocenters. The van der Waals surface area contributed by atoms with E-state index < -0.39 is 0 Å². The van der Waals surface area contributed by atoms with Crippen molar-refractivity contribution in [3.63, 3.8) is 0 Å². The van der Waals surface area contributed by atoms with E-state index in [1.165, 1.54) is 99.9 Å². The number of nitrogens with zero attached hydrogens (tertiary/aromatic N) is 2. The van der Waals surface area contributed by atoms with Gasteiger partial charge >= 0.3 is 6.85 Å². The van der Waals surface area contributed by atoms with Crippen molar-refractivity contribution in [3.05, 3.63) is 162 Å². The van der Waals surface area contributed by atoms with Gasteiger partial charge < -0.3 is 9.38 Å². The van der Waals surface area contributed by atoms with Gasteiger partial charge in [-0.2, -0.15) is 0 Å². The molecule has 0 saturated carbocycles. The summed E-state index contributed by atoms with van der Waals surface area (Å²) < 4.78 is 2.57. The predicted octanol–water partition coefficient (Wildman–Crippen LogP) is 10.3. The van der Waals surface area contributed by atoms with E-state index in [1.807, 2.05) is 0 Å². The molecule has 3 heterocycles. The van der Waals surface area contributed by atoms with Crippen LogP contribution in [0.15, 0.2) is 146 Å². The summed E-state index contributed by atoms with van der Waals surface area (Å²) in [5, 5.41) is 2.64. The number of aryl methyl sites for hydroxylation is 1. The summed E-state index contributed by atoms with van der Waals surface area (Å²) >= 11 is 0. The highest BCUT2D eigenvalue weighted by Crippen LogP contribution is 2.58. The minimum atomic E-state index is -0.100. The zero-order valence-electron chi connectivity index (χ0n) is 27.8. The maximum Gasteiger partial charge on any atom is 0.333 e. The lowest BCUT2D eigenvalue weighted by Gasteiger charge is -2.43. The van der Waals surface area contributed by atoms with Crippen LogP contribution in [-0.4, -0.2) is 11.4 Å². The van der Waals surface area contributed by atoms with Crippen molar-refractivity contribution >= 4 is 51.0 Å². The Morgan fingerprint density at radius 1 is 0.571 bits per heavy atom. The third-order valence-electron chi connectivity index (χ3n) is 11.7. The van der Waals surface area contributed by atoms with Crippen molar-refractivity contribution < 1.29 is 0 Å². The molecule has 7 aromatic carbocycles. The molecule has 1 aliphatic carbocycles. The zero-order chi connectivity index (χ0) is 32.6. The number of rotatable bonds is 2. The third-order valence-corrected chi connectivity index (χ3v) is 11.7. The van der Waals surface area contributed by atoms with Crippen LogP contribution in [0.25, 0.3) is 60.9 Å². The van der Waals surface area contributed by atoms with Crippen molar-refractivity contribution in [1.82, 2.24) is 4.57 Å². The first-order chi connectivity index (χ1) is 24.0. The average molecular weight is 625 g/mol. The molecule has 3 heteroatoms.